The molecule has 0 aromatic rings. The number of carbonyl (C=O) groups is 1. The summed E-state index contributed by atoms with van der Waals surface area (Å²) >= 11 is 0. The Morgan fingerprint density at radius 2 is 1.95 bits per heavy atom. The van der Waals surface area contributed by atoms with Crippen molar-refractivity contribution in [3.63, 3.8) is 0 Å². The lowest BCUT2D eigenvalue weighted by molar-refractivity contribution is -0.124. The molecule has 0 aliphatic carbocycles. The van der Waals surface area contributed by atoms with Gasteiger partial charge in [-0.3, -0.25) is 4.79 Å². The standard InChI is InChI=1S/C15H33N3O/c1-7-9-13(4)18(6)11-8-10-15(5,14(16)19)17-12(2)3/h12-13,17H,7-11H2,1-6H3,(H2,16,19). The smallest absolute Gasteiger partial charge is 0.237 e. The van der Waals surface area contributed by atoms with Gasteiger partial charge in [-0.1, -0.05) is 13.3 Å². The van der Waals surface area contributed by atoms with E-state index in [2.05, 4.69) is 31.1 Å². The molecule has 2 atom stereocenters. The van der Waals surface area contributed by atoms with Crippen LogP contribution in [0.4, 0.5) is 0 Å². The molecule has 4 heteroatoms. The summed E-state index contributed by atoms with van der Waals surface area (Å²) in [6.45, 7) is 11.5. The Kier molecular flexibility index (Phi) is 8.26. The van der Waals surface area contributed by atoms with E-state index in [0.717, 1.165) is 19.4 Å². The summed E-state index contributed by atoms with van der Waals surface area (Å²) in [5.41, 5.74) is 4.93. The van der Waals surface area contributed by atoms with E-state index < -0.39 is 5.54 Å². The van der Waals surface area contributed by atoms with Gasteiger partial charge in [-0.25, -0.2) is 0 Å². The molecule has 0 saturated carbocycles. The Morgan fingerprint density at radius 3 is 2.37 bits per heavy atom. The Hall–Kier alpha value is -0.610. The summed E-state index contributed by atoms with van der Waals surface area (Å²) in [6, 6.07) is 0.858. The van der Waals surface area contributed by atoms with Gasteiger partial charge in [-0.2, -0.15) is 0 Å². The summed E-state index contributed by atoms with van der Waals surface area (Å²) in [4.78, 5) is 14.0. The largest absolute Gasteiger partial charge is 0.368 e. The van der Waals surface area contributed by atoms with Gasteiger partial charge in [0.2, 0.25) is 5.91 Å². The fraction of sp³-hybridized carbons (Fsp3) is 0.933. The van der Waals surface area contributed by atoms with Crippen LogP contribution in [0.5, 0.6) is 0 Å². The highest BCUT2D eigenvalue weighted by Crippen LogP contribution is 2.14. The van der Waals surface area contributed by atoms with E-state index in [1.54, 1.807) is 0 Å². The van der Waals surface area contributed by atoms with Gasteiger partial charge in [0, 0.05) is 12.1 Å². The van der Waals surface area contributed by atoms with E-state index in [4.69, 9.17) is 5.73 Å². The predicted octanol–water partition coefficient (Wildman–Crippen LogP) is 2.13. The van der Waals surface area contributed by atoms with Crippen molar-refractivity contribution in [3.05, 3.63) is 0 Å². The predicted molar refractivity (Wildman–Crippen MR) is 82.1 cm³/mol. The Balaban J connectivity index is 4.23. The SMILES string of the molecule is CCCC(C)N(C)CCCC(C)(NC(C)C)C(N)=O. The molecule has 114 valence electrons. The van der Waals surface area contributed by atoms with Gasteiger partial charge in [0.25, 0.3) is 0 Å². The fourth-order valence-electron chi connectivity index (χ4n) is 2.44. The third-order valence-electron chi connectivity index (χ3n) is 3.80. The molecule has 3 N–H and O–H groups in total. The topological polar surface area (TPSA) is 58.4 Å². The second-order valence-corrected chi connectivity index (χ2v) is 6.22. The molecule has 4 nitrogen and oxygen atoms in total. The monoisotopic (exact) mass is 271 g/mol. The third kappa shape index (κ3) is 6.92. The molecule has 0 fully saturated rings. The molecule has 0 aromatic heterocycles. The lowest BCUT2D eigenvalue weighted by Crippen LogP contribution is -2.55. The van der Waals surface area contributed by atoms with Crippen LogP contribution in [0.25, 0.3) is 0 Å². The van der Waals surface area contributed by atoms with Crippen molar-refractivity contribution in [2.75, 3.05) is 13.6 Å². The Bertz CT molecular complexity index is 268. The minimum Gasteiger partial charge on any atom is -0.368 e. The summed E-state index contributed by atoms with van der Waals surface area (Å²) in [5.74, 6) is -0.259. The van der Waals surface area contributed by atoms with Crippen molar-refractivity contribution in [3.8, 4) is 0 Å². The van der Waals surface area contributed by atoms with Crippen molar-refractivity contribution >= 4 is 5.91 Å². The molecule has 0 spiro atoms. The van der Waals surface area contributed by atoms with Crippen LogP contribution >= 0.6 is 0 Å². The van der Waals surface area contributed by atoms with Crippen LogP contribution in [0.3, 0.4) is 0 Å². The minimum atomic E-state index is -0.594. The number of rotatable bonds is 10. The van der Waals surface area contributed by atoms with E-state index in [1.165, 1.54) is 12.8 Å². The first-order valence-corrected chi connectivity index (χ1v) is 7.50. The van der Waals surface area contributed by atoms with E-state index >= 15 is 0 Å². The van der Waals surface area contributed by atoms with Crippen molar-refractivity contribution in [2.45, 2.75) is 77.9 Å². The lowest BCUT2D eigenvalue weighted by Gasteiger charge is -2.31. The zero-order chi connectivity index (χ0) is 15.1. The zero-order valence-electron chi connectivity index (χ0n) is 13.6. The second-order valence-electron chi connectivity index (χ2n) is 6.22. The van der Waals surface area contributed by atoms with Crippen LogP contribution in [-0.2, 0) is 4.79 Å². The maximum Gasteiger partial charge on any atom is 0.237 e. The number of nitrogens with one attached hydrogen (secondary N) is 1. The summed E-state index contributed by atoms with van der Waals surface area (Å²) in [7, 11) is 2.15. The zero-order valence-corrected chi connectivity index (χ0v) is 13.6. The van der Waals surface area contributed by atoms with E-state index in [1.807, 2.05) is 20.8 Å². The first kappa shape index (κ1) is 18.4. The van der Waals surface area contributed by atoms with Gasteiger partial charge in [0.1, 0.15) is 0 Å². The second kappa shape index (κ2) is 8.54. The molecular formula is C15H33N3O. The summed E-state index contributed by atoms with van der Waals surface area (Å²) in [6.07, 6.45) is 4.18. The Labute approximate surface area is 119 Å². The molecule has 1 amide bonds. The van der Waals surface area contributed by atoms with Crippen LogP contribution in [0.2, 0.25) is 0 Å². The third-order valence-corrected chi connectivity index (χ3v) is 3.80. The highest BCUT2D eigenvalue weighted by atomic mass is 16.1. The van der Waals surface area contributed by atoms with Gasteiger partial charge in [-0.05, 0) is 60.5 Å². The van der Waals surface area contributed by atoms with Crippen LogP contribution in [0.1, 0.15) is 60.3 Å². The first-order chi connectivity index (χ1) is 8.73. The molecule has 0 aliphatic rings. The normalized spacial score (nSPS) is 16.6. The molecule has 2 unspecified atom stereocenters. The summed E-state index contributed by atoms with van der Waals surface area (Å²) in [5, 5.41) is 3.29. The van der Waals surface area contributed by atoms with Crippen LogP contribution < -0.4 is 11.1 Å². The molecular weight excluding hydrogens is 238 g/mol. The van der Waals surface area contributed by atoms with Crippen molar-refractivity contribution in [1.82, 2.24) is 10.2 Å². The number of primary amides is 1. The van der Waals surface area contributed by atoms with Crippen molar-refractivity contribution < 1.29 is 4.79 Å². The summed E-state index contributed by atoms with van der Waals surface area (Å²) < 4.78 is 0. The van der Waals surface area contributed by atoms with Gasteiger partial charge in [-0.15, -0.1) is 0 Å². The number of carbonyl (C=O) groups excluding carboxylic acids is 1. The number of nitrogens with zero attached hydrogens (tertiary/aromatic N) is 1. The van der Waals surface area contributed by atoms with Crippen LogP contribution in [-0.4, -0.2) is 42.0 Å². The van der Waals surface area contributed by atoms with E-state index in [0.29, 0.717) is 6.04 Å². The quantitative estimate of drug-likeness (QED) is 0.640. The van der Waals surface area contributed by atoms with Gasteiger partial charge in [0.15, 0.2) is 0 Å². The molecule has 0 rings (SSSR count). The molecule has 0 aliphatic heterocycles. The van der Waals surface area contributed by atoms with Crippen molar-refractivity contribution in [1.29, 1.82) is 0 Å². The minimum absolute atomic E-state index is 0.259. The van der Waals surface area contributed by atoms with Crippen LogP contribution in [0.15, 0.2) is 0 Å². The van der Waals surface area contributed by atoms with E-state index in [9.17, 15) is 4.79 Å². The molecule has 0 radical (unpaired) electrons. The maximum atomic E-state index is 11.6. The first-order valence-electron chi connectivity index (χ1n) is 7.50. The van der Waals surface area contributed by atoms with Gasteiger partial charge < -0.3 is 16.0 Å². The highest BCUT2D eigenvalue weighted by molar-refractivity contribution is 5.84. The number of hydrogen-bond acceptors (Lipinski definition) is 3. The van der Waals surface area contributed by atoms with Gasteiger partial charge >= 0.3 is 0 Å². The van der Waals surface area contributed by atoms with Gasteiger partial charge in [0.05, 0.1) is 5.54 Å². The average molecular weight is 271 g/mol. The molecule has 0 bridgehead atoms. The Morgan fingerprint density at radius 1 is 1.37 bits per heavy atom. The number of nitrogens with two attached hydrogens (primary N) is 1. The lowest BCUT2D eigenvalue weighted by atomic mass is 9.93. The molecule has 0 saturated heterocycles. The van der Waals surface area contributed by atoms with Crippen LogP contribution in [0, 0.1) is 0 Å². The highest BCUT2D eigenvalue weighted by Gasteiger charge is 2.30. The molecule has 0 heterocycles. The molecule has 19 heavy (non-hydrogen) atoms. The van der Waals surface area contributed by atoms with E-state index in [-0.39, 0.29) is 11.9 Å². The fourth-order valence-corrected chi connectivity index (χ4v) is 2.44. The molecule has 0 aromatic carbocycles. The van der Waals surface area contributed by atoms with Crippen molar-refractivity contribution in [2.24, 2.45) is 5.73 Å². The number of amides is 1. The number of hydrogen-bond donors (Lipinski definition) is 2. The maximum absolute atomic E-state index is 11.6. The average Bonchev–Trinajstić information content (AvgIpc) is 2.27.